The molecule has 104 valence electrons. The number of carboxylic acid groups (broad SMARTS) is 1. The molecule has 0 bridgehead atoms. The molecule has 1 fully saturated rings. The first kappa shape index (κ1) is 14.7. The van der Waals surface area contributed by atoms with Gasteiger partial charge >= 0.3 is 12.0 Å². The number of nitrogens with one attached hydrogen (secondary N) is 1. The van der Waals surface area contributed by atoms with Crippen molar-refractivity contribution in [3.63, 3.8) is 0 Å². The van der Waals surface area contributed by atoms with Crippen LogP contribution in [0.4, 0.5) is 4.79 Å². The molecule has 7 nitrogen and oxygen atoms in total. The summed E-state index contributed by atoms with van der Waals surface area (Å²) in [4.78, 5) is 23.6. The summed E-state index contributed by atoms with van der Waals surface area (Å²) in [6.07, 6.45) is 0.0664. The number of carboxylic acids is 1. The third-order valence-corrected chi connectivity index (χ3v) is 2.89. The van der Waals surface area contributed by atoms with Gasteiger partial charge in [0, 0.05) is 13.1 Å². The number of likely N-dealkylation sites (tertiary alicyclic amines) is 1. The van der Waals surface area contributed by atoms with Crippen molar-refractivity contribution >= 4 is 12.0 Å². The van der Waals surface area contributed by atoms with Crippen molar-refractivity contribution in [1.82, 2.24) is 10.2 Å². The van der Waals surface area contributed by atoms with Crippen LogP contribution >= 0.6 is 0 Å². The lowest BCUT2D eigenvalue weighted by Gasteiger charge is -2.24. The Morgan fingerprint density at radius 3 is 2.56 bits per heavy atom. The number of urea groups is 1. The Balaban J connectivity index is 2.40. The second-order valence-electron chi connectivity index (χ2n) is 5.39. The van der Waals surface area contributed by atoms with Gasteiger partial charge < -0.3 is 25.5 Å². The Labute approximate surface area is 105 Å². The average molecular weight is 260 g/mol. The van der Waals surface area contributed by atoms with Crippen LogP contribution in [-0.4, -0.2) is 63.1 Å². The molecule has 2 amide bonds. The van der Waals surface area contributed by atoms with Gasteiger partial charge in [-0.25, -0.2) is 4.79 Å². The Morgan fingerprint density at radius 2 is 2.11 bits per heavy atom. The molecule has 1 aliphatic rings. The molecule has 7 heteroatoms. The summed E-state index contributed by atoms with van der Waals surface area (Å²) < 4.78 is 0. The Morgan fingerprint density at radius 1 is 1.50 bits per heavy atom. The second kappa shape index (κ2) is 5.11. The van der Waals surface area contributed by atoms with Gasteiger partial charge in [0.15, 0.2) is 0 Å². The Hall–Kier alpha value is -1.34. The van der Waals surface area contributed by atoms with Gasteiger partial charge in [0.2, 0.25) is 0 Å². The lowest BCUT2D eigenvalue weighted by Crippen LogP contribution is -2.47. The van der Waals surface area contributed by atoms with Gasteiger partial charge in [-0.15, -0.1) is 0 Å². The second-order valence-corrected chi connectivity index (χ2v) is 5.39. The zero-order chi connectivity index (χ0) is 14.0. The molecule has 0 aromatic rings. The highest BCUT2D eigenvalue weighted by molar-refractivity contribution is 5.75. The van der Waals surface area contributed by atoms with Gasteiger partial charge in [-0.2, -0.15) is 0 Å². The minimum Gasteiger partial charge on any atom is -0.481 e. The molecule has 1 saturated heterocycles. The standard InChI is InChI=1S/C11H20N2O5/c1-10(17)3-4-13(7-10)9(16)12-6-11(2,18)5-8(14)15/h17-18H,3-7H2,1-2H3,(H,12,16)(H,14,15). The molecule has 0 aromatic carbocycles. The lowest BCUT2D eigenvalue weighted by molar-refractivity contribution is -0.141. The number of aliphatic carboxylic acids is 1. The largest absolute Gasteiger partial charge is 0.481 e. The van der Waals surface area contributed by atoms with E-state index in [1.54, 1.807) is 6.92 Å². The van der Waals surface area contributed by atoms with Crippen LogP contribution < -0.4 is 5.32 Å². The number of aliphatic hydroxyl groups is 2. The van der Waals surface area contributed by atoms with Crippen molar-refractivity contribution in [2.75, 3.05) is 19.6 Å². The topological polar surface area (TPSA) is 110 Å². The highest BCUT2D eigenvalue weighted by Gasteiger charge is 2.34. The van der Waals surface area contributed by atoms with E-state index in [1.807, 2.05) is 0 Å². The number of hydrogen-bond donors (Lipinski definition) is 4. The predicted molar refractivity (Wildman–Crippen MR) is 63.1 cm³/mol. The molecule has 1 aliphatic heterocycles. The van der Waals surface area contributed by atoms with Crippen molar-refractivity contribution in [3.05, 3.63) is 0 Å². The number of β-amino-alcohol motifs (C(OH)–C–C–N with tert-alkyl or cyclic N) is 1. The zero-order valence-corrected chi connectivity index (χ0v) is 10.6. The fourth-order valence-corrected chi connectivity index (χ4v) is 1.88. The summed E-state index contributed by atoms with van der Waals surface area (Å²) in [6.45, 7) is 3.54. The normalized spacial score (nSPS) is 26.8. The molecule has 0 aromatic heterocycles. The van der Waals surface area contributed by atoms with Crippen LogP contribution in [0, 0.1) is 0 Å². The van der Waals surface area contributed by atoms with Crippen molar-refractivity contribution in [3.8, 4) is 0 Å². The quantitative estimate of drug-likeness (QED) is 0.538. The molecular formula is C11H20N2O5. The Bertz CT molecular complexity index is 340. The molecule has 1 rings (SSSR count). The van der Waals surface area contributed by atoms with Gasteiger partial charge in [-0.1, -0.05) is 0 Å². The van der Waals surface area contributed by atoms with E-state index in [1.165, 1.54) is 11.8 Å². The zero-order valence-electron chi connectivity index (χ0n) is 10.6. The monoisotopic (exact) mass is 260 g/mol. The number of nitrogens with zero attached hydrogens (tertiary/aromatic N) is 1. The Kier molecular flexibility index (Phi) is 4.18. The number of carbonyl (C=O) groups excluding carboxylic acids is 1. The van der Waals surface area contributed by atoms with Gasteiger partial charge in [0.25, 0.3) is 0 Å². The minimum atomic E-state index is -1.48. The maximum absolute atomic E-state index is 11.7. The molecule has 18 heavy (non-hydrogen) atoms. The van der Waals surface area contributed by atoms with Crippen molar-refractivity contribution < 1.29 is 24.9 Å². The molecular weight excluding hydrogens is 240 g/mol. The maximum atomic E-state index is 11.7. The minimum absolute atomic E-state index is 0.142. The van der Waals surface area contributed by atoms with Gasteiger partial charge in [0.1, 0.15) is 0 Å². The highest BCUT2D eigenvalue weighted by atomic mass is 16.4. The molecule has 2 unspecified atom stereocenters. The van der Waals surface area contributed by atoms with E-state index in [-0.39, 0.29) is 13.1 Å². The summed E-state index contributed by atoms with van der Waals surface area (Å²) in [7, 11) is 0. The number of rotatable bonds is 4. The van der Waals surface area contributed by atoms with Crippen LogP contribution in [0.15, 0.2) is 0 Å². The van der Waals surface area contributed by atoms with Crippen LogP contribution in [0.3, 0.4) is 0 Å². The predicted octanol–water partition coefficient (Wildman–Crippen LogP) is -0.622. The van der Waals surface area contributed by atoms with E-state index >= 15 is 0 Å². The number of hydrogen-bond acceptors (Lipinski definition) is 4. The summed E-state index contributed by atoms with van der Waals surface area (Å²) >= 11 is 0. The van der Waals surface area contributed by atoms with Crippen molar-refractivity contribution in [1.29, 1.82) is 0 Å². The summed E-state index contributed by atoms with van der Waals surface area (Å²) in [5.74, 6) is -1.13. The van der Waals surface area contributed by atoms with E-state index in [2.05, 4.69) is 5.32 Å². The van der Waals surface area contributed by atoms with Crippen molar-refractivity contribution in [2.24, 2.45) is 0 Å². The van der Waals surface area contributed by atoms with Gasteiger partial charge in [0.05, 0.1) is 24.2 Å². The lowest BCUT2D eigenvalue weighted by atomic mass is 10.0. The smallest absolute Gasteiger partial charge is 0.317 e. The molecule has 1 heterocycles. The SMILES string of the molecule is CC(O)(CNC(=O)N1CCC(C)(O)C1)CC(=O)O. The average Bonchev–Trinajstić information content (AvgIpc) is 2.53. The third kappa shape index (κ3) is 4.50. The fraction of sp³-hybridized carbons (Fsp3) is 0.818. The highest BCUT2D eigenvalue weighted by Crippen LogP contribution is 2.20. The van der Waals surface area contributed by atoms with E-state index in [9.17, 15) is 19.8 Å². The van der Waals surface area contributed by atoms with Gasteiger partial charge in [-0.05, 0) is 20.3 Å². The van der Waals surface area contributed by atoms with E-state index in [4.69, 9.17) is 5.11 Å². The number of carbonyl (C=O) groups is 2. The van der Waals surface area contributed by atoms with E-state index in [0.29, 0.717) is 13.0 Å². The van der Waals surface area contributed by atoms with Crippen LogP contribution in [-0.2, 0) is 4.79 Å². The summed E-state index contributed by atoms with van der Waals surface area (Å²) in [5.41, 5.74) is -2.36. The van der Waals surface area contributed by atoms with Crippen LogP contribution in [0.5, 0.6) is 0 Å². The van der Waals surface area contributed by atoms with Crippen LogP contribution in [0.2, 0.25) is 0 Å². The number of amides is 2. The van der Waals surface area contributed by atoms with Crippen LogP contribution in [0.1, 0.15) is 26.7 Å². The first-order valence-corrected chi connectivity index (χ1v) is 5.81. The molecule has 0 saturated carbocycles. The first-order valence-electron chi connectivity index (χ1n) is 5.81. The molecule has 0 aliphatic carbocycles. The van der Waals surface area contributed by atoms with E-state index in [0.717, 1.165) is 0 Å². The maximum Gasteiger partial charge on any atom is 0.317 e. The van der Waals surface area contributed by atoms with Gasteiger partial charge in [-0.3, -0.25) is 4.79 Å². The van der Waals surface area contributed by atoms with Crippen LogP contribution in [0.25, 0.3) is 0 Å². The summed E-state index contributed by atoms with van der Waals surface area (Å²) in [6, 6.07) is -0.404. The fourth-order valence-electron chi connectivity index (χ4n) is 1.88. The molecule has 0 spiro atoms. The molecule has 0 radical (unpaired) electrons. The summed E-state index contributed by atoms with van der Waals surface area (Å²) in [5, 5.41) is 30.5. The first-order chi connectivity index (χ1) is 8.11. The molecule has 4 N–H and O–H groups in total. The third-order valence-electron chi connectivity index (χ3n) is 2.89. The van der Waals surface area contributed by atoms with E-state index < -0.39 is 29.6 Å². The molecule has 2 atom stereocenters. The van der Waals surface area contributed by atoms with Crippen molar-refractivity contribution in [2.45, 2.75) is 37.9 Å².